The largest absolute Gasteiger partial charge is 0.340 e. The van der Waals surface area contributed by atoms with Gasteiger partial charge in [0.25, 0.3) is 0 Å². The summed E-state index contributed by atoms with van der Waals surface area (Å²) in [5.41, 5.74) is 4.65. The predicted molar refractivity (Wildman–Crippen MR) is 113 cm³/mol. The minimum atomic E-state index is 0.0699. The van der Waals surface area contributed by atoms with E-state index in [0.29, 0.717) is 11.1 Å². The number of para-hydroxylation sites is 1. The van der Waals surface area contributed by atoms with Gasteiger partial charge in [0, 0.05) is 34.0 Å². The third-order valence-electron chi connectivity index (χ3n) is 4.81. The van der Waals surface area contributed by atoms with Gasteiger partial charge in [0.2, 0.25) is 0 Å². The third-order valence-corrected chi connectivity index (χ3v) is 5.10. The Kier molecular flexibility index (Phi) is 4.48. The monoisotopic (exact) mass is 376 g/mol. The van der Waals surface area contributed by atoms with Gasteiger partial charge < -0.3 is 4.57 Å². The van der Waals surface area contributed by atoms with Crippen LogP contribution in [-0.4, -0.2) is 15.3 Å². The van der Waals surface area contributed by atoms with E-state index in [1.807, 2.05) is 42.5 Å². The van der Waals surface area contributed by atoms with Gasteiger partial charge in [-0.05, 0) is 49.2 Å². The molecule has 4 rings (SSSR count). The fraction of sp³-hybridized carbons (Fsp3) is 0.217. The summed E-state index contributed by atoms with van der Waals surface area (Å²) in [5.74, 6) is 0.541. The number of halogens is 1. The molecule has 0 aliphatic rings. The fourth-order valence-corrected chi connectivity index (χ4v) is 3.79. The highest BCUT2D eigenvalue weighted by Gasteiger charge is 2.16. The van der Waals surface area contributed by atoms with Crippen LogP contribution in [0.25, 0.3) is 33.1 Å². The molecule has 4 aromatic rings. The van der Waals surface area contributed by atoms with Gasteiger partial charge in [0.1, 0.15) is 5.15 Å². The average molecular weight is 377 g/mol. The van der Waals surface area contributed by atoms with Crippen LogP contribution in [0.4, 0.5) is 0 Å². The van der Waals surface area contributed by atoms with Gasteiger partial charge in [-0.1, -0.05) is 43.6 Å². The topological polar surface area (TPSA) is 34.9 Å². The van der Waals surface area contributed by atoms with Crippen molar-refractivity contribution >= 4 is 39.2 Å². The fourth-order valence-electron chi connectivity index (χ4n) is 3.55. The van der Waals surface area contributed by atoms with Crippen LogP contribution in [-0.2, 0) is 6.54 Å². The quantitative estimate of drug-likeness (QED) is 0.306. The van der Waals surface area contributed by atoms with Crippen molar-refractivity contribution in [1.29, 1.82) is 0 Å². The molecule has 0 saturated heterocycles. The molecule has 136 valence electrons. The van der Waals surface area contributed by atoms with Crippen LogP contribution in [0.15, 0.2) is 54.6 Å². The summed E-state index contributed by atoms with van der Waals surface area (Å²) in [7, 11) is 0. The Bertz CT molecular complexity index is 1170. The molecule has 2 aromatic heterocycles. The third kappa shape index (κ3) is 3.24. The maximum absolute atomic E-state index is 11.8. The Morgan fingerprint density at radius 2 is 1.85 bits per heavy atom. The second kappa shape index (κ2) is 6.82. The zero-order valence-corrected chi connectivity index (χ0v) is 16.4. The van der Waals surface area contributed by atoms with Crippen LogP contribution >= 0.6 is 11.6 Å². The van der Waals surface area contributed by atoms with E-state index >= 15 is 0 Å². The molecule has 0 spiro atoms. The van der Waals surface area contributed by atoms with Crippen molar-refractivity contribution < 1.29 is 4.79 Å². The summed E-state index contributed by atoms with van der Waals surface area (Å²) >= 11 is 6.58. The van der Waals surface area contributed by atoms with Crippen LogP contribution in [0.5, 0.6) is 0 Å². The van der Waals surface area contributed by atoms with Crippen molar-refractivity contribution in [2.75, 3.05) is 0 Å². The molecule has 0 atom stereocenters. The molecule has 4 heteroatoms. The number of carbonyl (C=O) groups is 1. The molecule has 2 aromatic carbocycles. The second-order valence-corrected chi connectivity index (χ2v) is 7.74. The zero-order valence-electron chi connectivity index (χ0n) is 15.7. The molecule has 0 aliphatic carbocycles. The normalized spacial score (nSPS) is 11.6. The Balaban J connectivity index is 1.99. The predicted octanol–water partition coefficient (Wildman–Crippen LogP) is 6.37. The first kappa shape index (κ1) is 17.7. The zero-order chi connectivity index (χ0) is 19.1. The molecule has 2 heterocycles. The first-order valence-electron chi connectivity index (χ1n) is 9.14. The first-order chi connectivity index (χ1) is 12.9. The number of pyridine rings is 1. The van der Waals surface area contributed by atoms with E-state index in [0.717, 1.165) is 45.2 Å². The van der Waals surface area contributed by atoms with E-state index in [4.69, 9.17) is 11.6 Å². The molecule has 27 heavy (non-hydrogen) atoms. The van der Waals surface area contributed by atoms with E-state index < -0.39 is 0 Å². The van der Waals surface area contributed by atoms with Gasteiger partial charge in [0.05, 0.1) is 11.2 Å². The van der Waals surface area contributed by atoms with Gasteiger partial charge in [0.15, 0.2) is 5.78 Å². The minimum Gasteiger partial charge on any atom is -0.340 e. The van der Waals surface area contributed by atoms with E-state index in [1.165, 1.54) is 0 Å². The number of carbonyl (C=O) groups excluding carboxylic acids is 1. The molecule has 0 aliphatic heterocycles. The molecule has 0 unspecified atom stereocenters. The number of rotatable bonds is 4. The SMILES string of the molecule is CC(=O)c1ccc2c(c1)cc(-c1cc3ccccc3nc1Cl)n2CC(C)C. The Labute approximate surface area is 163 Å². The van der Waals surface area contributed by atoms with Crippen LogP contribution in [0, 0.1) is 5.92 Å². The van der Waals surface area contributed by atoms with Gasteiger partial charge in [-0.25, -0.2) is 4.98 Å². The number of Topliss-reactive ketones (excluding diaryl/α,β-unsaturated/α-hetero) is 1. The number of nitrogens with zero attached hydrogens (tertiary/aromatic N) is 2. The van der Waals surface area contributed by atoms with E-state index in [2.05, 4.69) is 35.5 Å². The standard InChI is InChI=1S/C23H21ClN2O/c1-14(2)13-26-21-9-8-16(15(3)27)10-18(21)12-22(26)19-11-17-6-4-5-7-20(17)25-23(19)24/h4-12,14H,13H2,1-3H3. The van der Waals surface area contributed by atoms with E-state index in [9.17, 15) is 4.79 Å². The summed E-state index contributed by atoms with van der Waals surface area (Å²) in [6, 6.07) is 18.1. The van der Waals surface area contributed by atoms with Crippen molar-refractivity contribution in [3.63, 3.8) is 0 Å². The maximum Gasteiger partial charge on any atom is 0.159 e. The van der Waals surface area contributed by atoms with E-state index in [1.54, 1.807) is 6.92 Å². The molecule has 0 amide bonds. The lowest BCUT2D eigenvalue weighted by atomic mass is 10.1. The van der Waals surface area contributed by atoms with Crippen molar-refractivity contribution in [1.82, 2.24) is 9.55 Å². The molecule has 0 saturated carbocycles. The van der Waals surface area contributed by atoms with Gasteiger partial charge in [-0.2, -0.15) is 0 Å². The van der Waals surface area contributed by atoms with Crippen LogP contribution in [0.1, 0.15) is 31.1 Å². The summed E-state index contributed by atoms with van der Waals surface area (Å²) in [6.07, 6.45) is 0. The highest BCUT2D eigenvalue weighted by Crippen LogP contribution is 2.35. The van der Waals surface area contributed by atoms with E-state index in [-0.39, 0.29) is 5.78 Å². The lowest BCUT2D eigenvalue weighted by Gasteiger charge is -2.14. The highest BCUT2D eigenvalue weighted by molar-refractivity contribution is 6.32. The number of hydrogen-bond acceptors (Lipinski definition) is 2. The van der Waals surface area contributed by atoms with Gasteiger partial charge in [-0.15, -0.1) is 0 Å². The lowest BCUT2D eigenvalue weighted by Crippen LogP contribution is -2.06. The summed E-state index contributed by atoms with van der Waals surface area (Å²) in [6.45, 7) is 6.85. The Hall–Kier alpha value is -2.65. The molecular formula is C23H21ClN2O. The van der Waals surface area contributed by atoms with Crippen molar-refractivity contribution in [2.45, 2.75) is 27.3 Å². The highest BCUT2D eigenvalue weighted by atomic mass is 35.5. The second-order valence-electron chi connectivity index (χ2n) is 7.38. The first-order valence-corrected chi connectivity index (χ1v) is 9.51. The Morgan fingerprint density at radius 1 is 1.07 bits per heavy atom. The van der Waals surface area contributed by atoms with Crippen LogP contribution < -0.4 is 0 Å². The number of aromatic nitrogens is 2. The van der Waals surface area contributed by atoms with Crippen molar-refractivity contribution in [3.05, 3.63) is 65.3 Å². The molecule has 0 N–H and O–H groups in total. The average Bonchev–Trinajstić information content (AvgIpc) is 2.98. The smallest absolute Gasteiger partial charge is 0.159 e. The molecule has 0 fully saturated rings. The maximum atomic E-state index is 11.8. The summed E-state index contributed by atoms with van der Waals surface area (Å²) < 4.78 is 2.28. The van der Waals surface area contributed by atoms with Crippen LogP contribution in [0.2, 0.25) is 5.15 Å². The number of hydrogen-bond donors (Lipinski definition) is 0. The number of benzene rings is 2. The number of fused-ring (bicyclic) bond motifs is 2. The molecule has 0 bridgehead atoms. The van der Waals surface area contributed by atoms with Crippen LogP contribution in [0.3, 0.4) is 0 Å². The van der Waals surface area contributed by atoms with Gasteiger partial charge in [-0.3, -0.25) is 4.79 Å². The summed E-state index contributed by atoms with van der Waals surface area (Å²) in [5, 5.41) is 2.60. The minimum absolute atomic E-state index is 0.0699. The lowest BCUT2D eigenvalue weighted by molar-refractivity contribution is 0.101. The van der Waals surface area contributed by atoms with Gasteiger partial charge >= 0.3 is 0 Å². The number of ketones is 1. The molecule has 0 radical (unpaired) electrons. The summed E-state index contributed by atoms with van der Waals surface area (Å²) in [4.78, 5) is 16.4. The Morgan fingerprint density at radius 3 is 2.59 bits per heavy atom. The van der Waals surface area contributed by atoms with Crippen molar-refractivity contribution in [3.8, 4) is 11.3 Å². The van der Waals surface area contributed by atoms with Crippen molar-refractivity contribution in [2.24, 2.45) is 5.92 Å². The molecular weight excluding hydrogens is 356 g/mol. The molecule has 3 nitrogen and oxygen atoms in total.